The van der Waals surface area contributed by atoms with Crippen LogP contribution in [0.4, 0.5) is 0 Å². The summed E-state index contributed by atoms with van der Waals surface area (Å²) in [5.74, 6) is 0.333. The van der Waals surface area contributed by atoms with Crippen molar-refractivity contribution in [2.45, 2.75) is 61.4 Å². The summed E-state index contributed by atoms with van der Waals surface area (Å²) < 4.78 is 5.81. The molecule has 0 atom stereocenters. The molecule has 3 heteroatoms. The van der Waals surface area contributed by atoms with E-state index in [1.165, 1.54) is 0 Å². The molecule has 0 bridgehead atoms. The summed E-state index contributed by atoms with van der Waals surface area (Å²) >= 11 is 0. The van der Waals surface area contributed by atoms with E-state index >= 15 is 0 Å². The third-order valence-electron chi connectivity index (χ3n) is 3.14. The van der Waals surface area contributed by atoms with Crippen LogP contribution in [0.3, 0.4) is 0 Å². The van der Waals surface area contributed by atoms with Crippen molar-refractivity contribution in [1.82, 2.24) is 5.32 Å². The van der Waals surface area contributed by atoms with Crippen LogP contribution in [-0.4, -0.2) is 31.6 Å². The topological polar surface area (TPSA) is 38.3 Å². The minimum Gasteiger partial charge on any atom is -0.380 e. The Kier molecular flexibility index (Phi) is 7.23. The molecule has 114 valence electrons. The fourth-order valence-corrected chi connectivity index (χ4v) is 1.97. The summed E-state index contributed by atoms with van der Waals surface area (Å²) in [7, 11) is 0. The first-order valence-electron chi connectivity index (χ1n) is 7.33. The Bertz CT molecular complexity index is 280. The van der Waals surface area contributed by atoms with E-state index in [2.05, 4.69) is 33.0 Å². The van der Waals surface area contributed by atoms with E-state index in [9.17, 15) is 4.79 Å². The molecule has 0 saturated carbocycles. The summed E-state index contributed by atoms with van der Waals surface area (Å²) in [6.07, 6.45) is 0. The molecule has 0 aliphatic carbocycles. The molecule has 19 heavy (non-hydrogen) atoms. The number of carbonyl (C=O) groups excluding carboxylic acids is 1. The first kappa shape index (κ1) is 18.6. The highest BCUT2D eigenvalue weighted by atomic mass is 16.5. The van der Waals surface area contributed by atoms with Crippen LogP contribution in [0.1, 0.15) is 55.4 Å². The molecular weight excluding hydrogens is 238 g/mol. The van der Waals surface area contributed by atoms with Gasteiger partial charge in [0.05, 0.1) is 13.2 Å². The van der Waals surface area contributed by atoms with Gasteiger partial charge in [0.25, 0.3) is 0 Å². The smallest absolute Gasteiger partial charge is 0.143 e. The molecule has 0 aromatic heterocycles. The predicted molar refractivity (Wildman–Crippen MR) is 81.4 cm³/mol. The van der Waals surface area contributed by atoms with E-state index in [1.54, 1.807) is 0 Å². The van der Waals surface area contributed by atoms with Crippen molar-refractivity contribution >= 4 is 5.78 Å². The second kappa shape index (κ2) is 7.39. The Hall–Kier alpha value is -0.410. The number of Topliss-reactive ketones (excluding diaryl/α,β-unsaturated/α-hetero) is 1. The van der Waals surface area contributed by atoms with Gasteiger partial charge in [-0.25, -0.2) is 0 Å². The van der Waals surface area contributed by atoms with Crippen LogP contribution in [-0.2, 0) is 9.53 Å². The van der Waals surface area contributed by atoms with Gasteiger partial charge in [-0.3, -0.25) is 4.79 Å². The highest BCUT2D eigenvalue weighted by molar-refractivity contribution is 5.85. The lowest BCUT2D eigenvalue weighted by Crippen LogP contribution is -2.39. The molecular formula is C16H33NO2. The quantitative estimate of drug-likeness (QED) is 0.699. The predicted octanol–water partition coefficient (Wildman–Crippen LogP) is 3.28. The zero-order valence-electron chi connectivity index (χ0n) is 14.1. The molecule has 0 aliphatic heterocycles. The van der Waals surface area contributed by atoms with E-state index in [0.717, 1.165) is 6.54 Å². The Balaban J connectivity index is 4.17. The number of ether oxygens (including phenoxy) is 1. The number of nitrogens with one attached hydrogen (secondary N) is 1. The molecule has 1 N–H and O–H groups in total. The van der Waals surface area contributed by atoms with Gasteiger partial charge in [-0.1, -0.05) is 55.4 Å². The highest BCUT2D eigenvalue weighted by Crippen LogP contribution is 2.23. The normalized spacial score (nSPS) is 13.4. The molecule has 0 amide bonds. The maximum absolute atomic E-state index is 12.0. The van der Waals surface area contributed by atoms with Gasteiger partial charge in [-0.15, -0.1) is 0 Å². The molecule has 0 rings (SSSR count). The maximum atomic E-state index is 12.0. The van der Waals surface area contributed by atoms with Crippen LogP contribution < -0.4 is 5.32 Å². The van der Waals surface area contributed by atoms with Gasteiger partial charge in [0, 0.05) is 29.3 Å². The summed E-state index contributed by atoms with van der Waals surface area (Å²) in [6, 6.07) is 0.484. The van der Waals surface area contributed by atoms with Gasteiger partial charge in [-0.2, -0.15) is 0 Å². The van der Waals surface area contributed by atoms with Crippen LogP contribution >= 0.6 is 0 Å². The minimum absolute atomic E-state index is 0.0641. The minimum atomic E-state index is -0.393. The van der Waals surface area contributed by atoms with Gasteiger partial charge in [0.2, 0.25) is 0 Å². The van der Waals surface area contributed by atoms with Crippen molar-refractivity contribution in [2.24, 2.45) is 16.7 Å². The van der Waals surface area contributed by atoms with Crippen LogP contribution in [0.5, 0.6) is 0 Å². The Morgan fingerprint density at radius 3 is 2.00 bits per heavy atom. The lowest BCUT2D eigenvalue weighted by atomic mass is 9.83. The molecule has 0 aromatic carbocycles. The van der Waals surface area contributed by atoms with Gasteiger partial charge in [0.1, 0.15) is 5.78 Å². The molecule has 3 nitrogen and oxygen atoms in total. The third kappa shape index (κ3) is 7.68. The summed E-state index contributed by atoms with van der Waals surface area (Å²) in [5, 5.41) is 3.43. The van der Waals surface area contributed by atoms with E-state index in [-0.39, 0.29) is 17.1 Å². The van der Waals surface area contributed by atoms with Gasteiger partial charge < -0.3 is 10.1 Å². The average Bonchev–Trinajstić information content (AvgIpc) is 2.24. The number of rotatable bonds is 9. The van der Waals surface area contributed by atoms with Crippen molar-refractivity contribution in [1.29, 1.82) is 0 Å². The zero-order valence-corrected chi connectivity index (χ0v) is 14.1. The maximum Gasteiger partial charge on any atom is 0.143 e. The molecule has 0 aromatic rings. The summed E-state index contributed by atoms with van der Waals surface area (Å²) in [5.41, 5.74) is -0.309. The molecule has 0 aliphatic rings. The first-order chi connectivity index (χ1) is 8.48. The molecule has 0 spiro atoms. The number of hydrogen-bond acceptors (Lipinski definition) is 3. The fourth-order valence-electron chi connectivity index (χ4n) is 1.97. The van der Waals surface area contributed by atoms with Gasteiger partial charge in [-0.05, 0) is 0 Å². The summed E-state index contributed by atoms with van der Waals surface area (Å²) in [6.45, 7) is 18.5. The SMILES string of the molecule is CC(C)NCC(C)(C)COCC(C)(C)C(=O)C(C)C. The summed E-state index contributed by atoms with van der Waals surface area (Å²) in [4.78, 5) is 12.0. The largest absolute Gasteiger partial charge is 0.380 e. The van der Waals surface area contributed by atoms with Gasteiger partial charge >= 0.3 is 0 Å². The molecule has 0 saturated heterocycles. The van der Waals surface area contributed by atoms with Gasteiger partial charge in [0.15, 0.2) is 0 Å². The van der Waals surface area contributed by atoms with E-state index in [4.69, 9.17) is 4.74 Å². The molecule has 0 heterocycles. The second-order valence-corrected chi connectivity index (χ2v) is 7.60. The second-order valence-electron chi connectivity index (χ2n) is 7.60. The Labute approximate surface area is 119 Å². The fraction of sp³-hybridized carbons (Fsp3) is 0.938. The Morgan fingerprint density at radius 1 is 1.05 bits per heavy atom. The molecule has 0 fully saturated rings. The monoisotopic (exact) mass is 271 g/mol. The van der Waals surface area contributed by atoms with Crippen LogP contribution in [0.25, 0.3) is 0 Å². The van der Waals surface area contributed by atoms with Crippen molar-refractivity contribution < 1.29 is 9.53 Å². The van der Waals surface area contributed by atoms with Crippen LogP contribution in [0, 0.1) is 16.7 Å². The van der Waals surface area contributed by atoms with E-state index in [0.29, 0.717) is 19.3 Å². The highest BCUT2D eigenvalue weighted by Gasteiger charge is 2.30. The van der Waals surface area contributed by atoms with E-state index in [1.807, 2.05) is 27.7 Å². The van der Waals surface area contributed by atoms with Crippen LogP contribution in [0.15, 0.2) is 0 Å². The zero-order chi connectivity index (χ0) is 15.3. The lowest BCUT2D eigenvalue weighted by molar-refractivity contribution is -0.134. The number of hydrogen-bond donors (Lipinski definition) is 1. The van der Waals surface area contributed by atoms with Crippen molar-refractivity contribution in [2.75, 3.05) is 19.8 Å². The number of ketones is 1. The molecule has 0 unspecified atom stereocenters. The first-order valence-corrected chi connectivity index (χ1v) is 7.33. The van der Waals surface area contributed by atoms with Crippen molar-refractivity contribution in [3.8, 4) is 0 Å². The number of carbonyl (C=O) groups is 1. The Morgan fingerprint density at radius 2 is 1.58 bits per heavy atom. The van der Waals surface area contributed by atoms with Crippen LogP contribution in [0.2, 0.25) is 0 Å². The standard InChI is InChI=1S/C16H33NO2/c1-12(2)14(18)16(7,8)11-19-10-15(5,6)9-17-13(3)4/h12-13,17H,9-11H2,1-8H3. The lowest BCUT2D eigenvalue weighted by Gasteiger charge is -2.30. The third-order valence-corrected chi connectivity index (χ3v) is 3.14. The van der Waals surface area contributed by atoms with Crippen molar-refractivity contribution in [3.63, 3.8) is 0 Å². The average molecular weight is 271 g/mol. The van der Waals surface area contributed by atoms with E-state index < -0.39 is 5.41 Å². The molecule has 0 radical (unpaired) electrons. The van der Waals surface area contributed by atoms with Crippen molar-refractivity contribution in [3.05, 3.63) is 0 Å².